The minimum Gasteiger partial charge on any atom is -0.726 e. The maximum absolute atomic E-state index is 10.6. The third-order valence-corrected chi connectivity index (χ3v) is 6.27. The van der Waals surface area contributed by atoms with Gasteiger partial charge in [-0.05, 0) is 42.9 Å². The fourth-order valence-corrected chi connectivity index (χ4v) is 4.24. The van der Waals surface area contributed by atoms with Crippen LogP contribution in [-0.4, -0.2) is 26.2 Å². The Hall–Kier alpha value is -0.110. The van der Waals surface area contributed by atoms with Gasteiger partial charge in [-0.1, -0.05) is 103 Å². The minimum absolute atomic E-state index is 0. The molecule has 0 heterocycles. The molecule has 0 saturated carbocycles. The number of benzene rings is 1. The van der Waals surface area contributed by atoms with Gasteiger partial charge in [0.15, 0.2) is 0 Å². The summed E-state index contributed by atoms with van der Waals surface area (Å²) in [4.78, 5) is 0. The number of aryl methyl sites for hydroxylation is 2. The van der Waals surface area contributed by atoms with E-state index in [1.807, 2.05) is 6.07 Å². The first-order valence-electron chi connectivity index (χ1n) is 12.8. The van der Waals surface area contributed by atoms with Crippen molar-refractivity contribution < 1.29 is 51.4 Å². The van der Waals surface area contributed by atoms with Gasteiger partial charge in [0.1, 0.15) is 12.4 Å². The van der Waals surface area contributed by atoms with Crippen LogP contribution in [0.3, 0.4) is 0 Å². The first-order chi connectivity index (χ1) is 15.5. The summed E-state index contributed by atoms with van der Waals surface area (Å²) in [5.74, 6) is 0.770. The molecule has 1 aromatic carbocycles. The van der Waals surface area contributed by atoms with Gasteiger partial charge in [0.2, 0.25) is 10.4 Å². The zero-order valence-corrected chi connectivity index (χ0v) is 24.2. The minimum atomic E-state index is -4.67. The summed E-state index contributed by atoms with van der Waals surface area (Å²) in [6.45, 7) is 4.26. The molecule has 0 aliphatic heterocycles. The van der Waals surface area contributed by atoms with Crippen LogP contribution >= 0.6 is 0 Å². The molecule has 0 atom stereocenters. The molecule has 0 aromatic heterocycles. The predicted octanol–water partition coefficient (Wildman–Crippen LogP) is 4.13. The Morgan fingerprint density at radius 2 is 1.24 bits per heavy atom. The SMILES string of the molecule is CCCCCCCCCc1ccc(OCCOS(=O)(=O)[O-])c(CCCCCCCCC)c1.[Na+]. The van der Waals surface area contributed by atoms with Gasteiger partial charge in [-0.3, -0.25) is 4.18 Å². The van der Waals surface area contributed by atoms with Crippen LogP contribution < -0.4 is 34.3 Å². The number of hydrogen-bond donors (Lipinski definition) is 0. The molecule has 7 heteroatoms. The Balaban J connectivity index is 0.0000102. The maximum atomic E-state index is 10.6. The topological polar surface area (TPSA) is 75.7 Å². The third-order valence-electron chi connectivity index (χ3n) is 5.81. The second-order valence-electron chi connectivity index (χ2n) is 8.76. The van der Waals surface area contributed by atoms with Gasteiger partial charge in [-0.2, -0.15) is 0 Å². The van der Waals surface area contributed by atoms with Crippen LogP contribution in [-0.2, 0) is 27.4 Å². The van der Waals surface area contributed by atoms with Crippen molar-refractivity contribution in [3.05, 3.63) is 29.3 Å². The third kappa shape index (κ3) is 18.8. The number of hydrogen-bond acceptors (Lipinski definition) is 5. The zero-order chi connectivity index (χ0) is 23.5. The van der Waals surface area contributed by atoms with E-state index in [0.717, 1.165) is 25.0 Å². The van der Waals surface area contributed by atoms with Gasteiger partial charge < -0.3 is 9.29 Å². The Morgan fingerprint density at radius 3 is 1.79 bits per heavy atom. The predicted molar refractivity (Wildman–Crippen MR) is 131 cm³/mol. The summed E-state index contributed by atoms with van der Waals surface area (Å²) in [6, 6.07) is 6.33. The second-order valence-corrected chi connectivity index (χ2v) is 9.82. The smallest absolute Gasteiger partial charge is 0.726 e. The van der Waals surface area contributed by atoms with Crippen LogP contribution in [0.4, 0.5) is 0 Å². The first kappa shape index (κ1) is 32.9. The quantitative estimate of drug-likeness (QED) is 0.112. The van der Waals surface area contributed by atoms with Crippen LogP contribution in [0.15, 0.2) is 18.2 Å². The van der Waals surface area contributed by atoms with E-state index in [4.69, 9.17) is 4.74 Å². The summed E-state index contributed by atoms with van der Waals surface area (Å²) >= 11 is 0. The first-order valence-corrected chi connectivity index (χ1v) is 14.1. The molecule has 0 aliphatic carbocycles. The molecule has 1 aromatic rings. The van der Waals surface area contributed by atoms with Crippen molar-refractivity contribution in [2.75, 3.05) is 13.2 Å². The molecule has 1 rings (SSSR count). The number of ether oxygens (including phenoxy) is 1. The molecule has 186 valence electrons. The summed E-state index contributed by atoms with van der Waals surface area (Å²) < 4.78 is 41.8. The van der Waals surface area contributed by atoms with E-state index in [1.165, 1.54) is 94.6 Å². The van der Waals surface area contributed by atoms with E-state index in [9.17, 15) is 13.0 Å². The molecule has 0 unspecified atom stereocenters. The van der Waals surface area contributed by atoms with Gasteiger partial charge >= 0.3 is 29.6 Å². The Kier molecular flexibility index (Phi) is 21.1. The monoisotopic (exact) mass is 492 g/mol. The Morgan fingerprint density at radius 1 is 0.727 bits per heavy atom. The van der Waals surface area contributed by atoms with Gasteiger partial charge in [-0.15, -0.1) is 0 Å². The summed E-state index contributed by atoms with van der Waals surface area (Å²) in [5.41, 5.74) is 2.51. The maximum Gasteiger partial charge on any atom is 1.00 e. The van der Waals surface area contributed by atoms with E-state index < -0.39 is 10.4 Å². The molecule has 0 aliphatic rings. The summed E-state index contributed by atoms with van der Waals surface area (Å²) in [7, 11) is -4.67. The average molecular weight is 493 g/mol. The molecule has 0 spiro atoms. The summed E-state index contributed by atoms with van der Waals surface area (Å²) in [6.07, 6.45) is 20.0. The fraction of sp³-hybridized carbons (Fsp3) is 0.769. The molecule has 0 saturated heterocycles. The van der Waals surface area contributed by atoms with Crippen molar-refractivity contribution in [3.63, 3.8) is 0 Å². The molecule has 0 bridgehead atoms. The van der Waals surface area contributed by atoms with Gasteiger partial charge in [-0.25, -0.2) is 8.42 Å². The van der Waals surface area contributed by atoms with E-state index >= 15 is 0 Å². The van der Waals surface area contributed by atoms with E-state index in [0.29, 0.717) is 0 Å². The van der Waals surface area contributed by atoms with Crippen molar-refractivity contribution in [2.24, 2.45) is 0 Å². The fourth-order valence-electron chi connectivity index (χ4n) is 3.97. The Bertz CT molecular complexity index is 694. The average Bonchev–Trinajstić information content (AvgIpc) is 2.75. The van der Waals surface area contributed by atoms with E-state index in [2.05, 4.69) is 30.2 Å². The van der Waals surface area contributed by atoms with Crippen molar-refractivity contribution >= 4 is 10.4 Å². The van der Waals surface area contributed by atoms with Crippen molar-refractivity contribution in [3.8, 4) is 5.75 Å². The second kappa shape index (κ2) is 21.2. The number of rotatable bonds is 21. The molecule has 0 fully saturated rings. The standard InChI is InChI=1S/C26H46O5S.Na/c1-3-5-7-9-11-13-15-17-24-19-20-26(30-21-22-31-32(27,28)29)25(23-24)18-16-14-12-10-8-6-4-2;/h19-20,23H,3-18,21-22H2,1-2H3,(H,27,28,29);/q;+1/p-1. The van der Waals surface area contributed by atoms with Crippen LogP contribution in [0.25, 0.3) is 0 Å². The van der Waals surface area contributed by atoms with E-state index in [-0.39, 0.29) is 42.8 Å². The molecule has 5 nitrogen and oxygen atoms in total. The van der Waals surface area contributed by atoms with Gasteiger partial charge in [0.25, 0.3) is 0 Å². The molecular weight excluding hydrogens is 447 g/mol. The largest absolute Gasteiger partial charge is 1.00 e. The normalized spacial score (nSPS) is 11.4. The number of unbranched alkanes of at least 4 members (excludes halogenated alkanes) is 12. The van der Waals surface area contributed by atoms with Crippen molar-refractivity contribution in [2.45, 2.75) is 117 Å². The molecule has 0 amide bonds. The van der Waals surface area contributed by atoms with Crippen molar-refractivity contribution in [1.82, 2.24) is 0 Å². The zero-order valence-electron chi connectivity index (χ0n) is 21.4. The molecule has 33 heavy (non-hydrogen) atoms. The Labute approximate surface area is 225 Å². The molecule has 0 N–H and O–H groups in total. The van der Waals surface area contributed by atoms with Crippen LogP contribution in [0, 0.1) is 0 Å². The van der Waals surface area contributed by atoms with E-state index in [1.54, 1.807) is 0 Å². The van der Waals surface area contributed by atoms with Crippen LogP contribution in [0.1, 0.15) is 115 Å². The van der Waals surface area contributed by atoms with Gasteiger partial charge in [0.05, 0.1) is 6.61 Å². The molecular formula is C26H45NaO5S. The van der Waals surface area contributed by atoms with Crippen LogP contribution in [0.2, 0.25) is 0 Å². The molecule has 0 radical (unpaired) electrons. The van der Waals surface area contributed by atoms with Crippen LogP contribution in [0.5, 0.6) is 5.75 Å². The van der Waals surface area contributed by atoms with Crippen molar-refractivity contribution in [1.29, 1.82) is 0 Å². The van der Waals surface area contributed by atoms with Gasteiger partial charge in [0, 0.05) is 0 Å². The summed E-state index contributed by atoms with van der Waals surface area (Å²) in [5, 5.41) is 0.